The third-order valence-electron chi connectivity index (χ3n) is 4.42. The van der Waals surface area contributed by atoms with Gasteiger partial charge in [-0.25, -0.2) is 0 Å². The van der Waals surface area contributed by atoms with Gasteiger partial charge in [0.25, 0.3) is 0 Å². The third kappa shape index (κ3) is 4.23. The Kier molecular flexibility index (Phi) is 5.00. The van der Waals surface area contributed by atoms with Crippen molar-refractivity contribution < 1.29 is 9.53 Å². The third-order valence-corrected chi connectivity index (χ3v) is 4.42. The van der Waals surface area contributed by atoms with Gasteiger partial charge in [-0.1, -0.05) is 30.3 Å². The largest absolute Gasteiger partial charge is 0.374 e. The molecule has 1 aromatic carbocycles. The van der Waals surface area contributed by atoms with Crippen molar-refractivity contribution in [1.82, 2.24) is 15.5 Å². The van der Waals surface area contributed by atoms with E-state index in [2.05, 4.69) is 15.5 Å². The van der Waals surface area contributed by atoms with Crippen molar-refractivity contribution in [3.05, 3.63) is 53.3 Å². The van der Waals surface area contributed by atoms with Gasteiger partial charge < -0.3 is 10.1 Å². The van der Waals surface area contributed by atoms with Crippen LogP contribution in [0.2, 0.25) is 0 Å². The van der Waals surface area contributed by atoms with Crippen LogP contribution in [0, 0.1) is 5.92 Å². The summed E-state index contributed by atoms with van der Waals surface area (Å²) in [4.78, 5) is 12.6. The predicted molar refractivity (Wildman–Crippen MR) is 92.4 cm³/mol. The summed E-state index contributed by atoms with van der Waals surface area (Å²) in [5.41, 5.74) is 3.09. The first kappa shape index (κ1) is 16.7. The van der Waals surface area contributed by atoms with Crippen LogP contribution in [-0.4, -0.2) is 28.3 Å². The van der Waals surface area contributed by atoms with E-state index >= 15 is 0 Å². The molecule has 1 aromatic heterocycles. The summed E-state index contributed by atoms with van der Waals surface area (Å²) < 4.78 is 5.79. The van der Waals surface area contributed by atoms with Gasteiger partial charge in [0.15, 0.2) is 0 Å². The lowest BCUT2D eigenvalue weighted by Crippen LogP contribution is -2.49. The Morgan fingerprint density at radius 3 is 2.96 bits per heavy atom. The highest BCUT2D eigenvalue weighted by Gasteiger charge is 2.29. The summed E-state index contributed by atoms with van der Waals surface area (Å²) in [6.45, 7) is 5.04. The van der Waals surface area contributed by atoms with E-state index < -0.39 is 0 Å². The number of carbonyl (C=O) groups excluding carboxylic acids is 1. The Balaban J connectivity index is 1.48. The zero-order chi connectivity index (χ0) is 17.0. The number of aromatic nitrogens is 2. The van der Waals surface area contributed by atoms with Gasteiger partial charge in [-0.2, -0.15) is 5.10 Å². The minimum Gasteiger partial charge on any atom is -0.374 e. The first-order valence-electron chi connectivity index (χ1n) is 8.48. The lowest BCUT2D eigenvalue weighted by molar-refractivity contribution is -0.127. The van der Waals surface area contributed by atoms with Crippen LogP contribution in [0.3, 0.4) is 0 Å². The van der Waals surface area contributed by atoms with Gasteiger partial charge in [0.1, 0.15) is 0 Å². The quantitative estimate of drug-likeness (QED) is 0.857. The molecule has 3 rings (SSSR count). The Labute approximate surface area is 142 Å². The van der Waals surface area contributed by atoms with Crippen LogP contribution in [0.15, 0.2) is 36.5 Å². The fourth-order valence-electron chi connectivity index (χ4n) is 3.11. The van der Waals surface area contributed by atoms with E-state index in [-0.39, 0.29) is 17.4 Å². The molecule has 0 unspecified atom stereocenters. The van der Waals surface area contributed by atoms with Crippen LogP contribution >= 0.6 is 0 Å². The number of amides is 1. The van der Waals surface area contributed by atoms with E-state index in [1.54, 1.807) is 0 Å². The Hall–Kier alpha value is -2.14. The standard InChI is InChI=1S/C19H25N3O2/c1-19(2,13-24-12-14-6-4-3-5-7-14)21-18(23)15-8-9-17-16(10-15)11-20-22-17/h3-7,11,15H,8-10,12-13H2,1-2H3,(H,20,22)(H,21,23)/t15-/m0/s1. The number of ether oxygens (including phenoxy) is 1. The van der Waals surface area contributed by atoms with Crippen molar-refractivity contribution in [3.63, 3.8) is 0 Å². The summed E-state index contributed by atoms with van der Waals surface area (Å²) in [5.74, 6) is 0.124. The van der Waals surface area contributed by atoms with Gasteiger partial charge >= 0.3 is 0 Å². The summed E-state index contributed by atoms with van der Waals surface area (Å²) >= 11 is 0. The molecule has 0 saturated carbocycles. The number of carbonyl (C=O) groups is 1. The molecule has 0 bridgehead atoms. The highest BCUT2D eigenvalue weighted by Crippen LogP contribution is 2.24. The minimum absolute atomic E-state index is 0.0171. The summed E-state index contributed by atoms with van der Waals surface area (Å²) in [6.07, 6.45) is 4.35. The van der Waals surface area contributed by atoms with Gasteiger partial charge in [-0.3, -0.25) is 9.89 Å². The molecule has 0 aliphatic heterocycles. The number of hydrogen-bond donors (Lipinski definition) is 2. The highest BCUT2D eigenvalue weighted by atomic mass is 16.5. The lowest BCUT2D eigenvalue weighted by atomic mass is 9.86. The van der Waals surface area contributed by atoms with Gasteiger partial charge in [0, 0.05) is 11.6 Å². The molecule has 5 nitrogen and oxygen atoms in total. The zero-order valence-electron chi connectivity index (χ0n) is 14.3. The van der Waals surface area contributed by atoms with Crippen molar-refractivity contribution in [2.45, 2.75) is 45.3 Å². The van der Waals surface area contributed by atoms with Gasteiger partial charge in [-0.05, 0) is 44.2 Å². The average molecular weight is 327 g/mol. The molecule has 5 heteroatoms. The van der Waals surface area contributed by atoms with Crippen LogP contribution < -0.4 is 5.32 Å². The van der Waals surface area contributed by atoms with E-state index in [1.165, 1.54) is 11.3 Å². The smallest absolute Gasteiger partial charge is 0.223 e. The maximum Gasteiger partial charge on any atom is 0.223 e. The number of nitrogens with one attached hydrogen (secondary N) is 2. The SMILES string of the molecule is CC(C)(COCc1ccccc1)NC(=O)[C@H]1CCc2[nH]ncc2C1. The molecule has 24 heavy (non-hydrogen) atoms. The molecule has 1 atom stereocenters. The number of hydrogen-bond acceptors (Lipinski definition) is 3. The van der Waals surface area contributed by atoms with Crippen LogP contribution in [-0.2, 0) is 29.0 Å². The van der Waals surface area contributed by atoms with E-state index in [4.69, 9.17) is 4.74 Å². The summed E-state index contributed by atoms with van der Waals surface area (Å²) in [6, 6.07) is 10.1. The van der Waals surface area contributed by atoms with Crippen LogP contribution in [0.4, 0.5) is 0 Å². The minimum atomic E-state index is -0.386. The lowest BCUT2D eigenvalue weighted by Gasteiger charge is -2.30. The molecule has 1 aliphatic carbocycles. The number of H-pyrrole nitrogens is 1. The Morgan fingerprint density at radius 2 is 2.17 bits per heavy atom. The number of benzene rings is 1. The summed E-state index contributed by atoms with van der Waals surface area (Å²) in [7, 11) is 0. The molecule has 2 N–H and O–H groups in total. The molecule has 0 spiro atoms. The van der Waals surface area contributed by atoms with Crippen LogP contribution in [0.5, 0.6) is 0 Å². The van der Waals surface area contributed by atoms with Crippen molar-refractivity contribution >= 4 is 5.91 Å². The summed E-state index contributed by atoms with van der Waals surface area (Å²) in [5, 5.41) is 10.2. The second-order valence-corrected chi connectivity index (χ2v) is 7.17. The van der Waals surface area contributed by atoms with Crippen molar-refractivity contribution in [1.29, 1.82) is 0 Å². The Bertz CT molecular complexity index is 679. The fourth-order valence-corrected chi connectivity index (χ4v) is 3.11. The normalized spacial score (nSPS) is 17.3. The number of fused-ring (bicyclic) bond motifs is 1. The van der Waals surface area contributed by atoms with Crippen LogP contribution in [0.1, 0.15) is 37.1 Å². The molecule has 0 radical (unpaired) electrons. The number of aryl methyl sites for hydroxylation is 1. The fraction of sp³-hybridized carbons (Fsp3) is 0.474. The first-order chi connectivity index (χ1) is 11.5. The topological polar surface area (TPSA) is 67.0 Å². The van der Waals surface area contributed by atoms with E-state index in [0.717, 1.165) is 24.8 Å². The van der Waals surface area contributed by atoms with E-state index in [0.29, 0.717) is 13.2 Å². The monoisotopic (exact) mass is 327 g/mol. The second-order valence-electron chi connectivity index (χ2n) is 7.17. The van der Waals surface area contributed by atoms with Crippen LogP contribution in [0.25, 0.3) is 0 Å². The molecule has 0 saturated heterocycles. The second kappa shape index (κ2) is 7.18. The maximum absolute atomic E-state index is 12.6. The molecule has 1 amide bonds. The van der Waals surface area contributed by atoms with E-state index in [1.807, 2.05) is 50.4 Å². The average Bonchev–Trinajstić information content (AvgIpc) is 3.02. The maximum atomic E-state index is 12.6. The molecule has 0 fully saturated rings. The van der Waals surface area contributed by atoms with Crippen molar-refractivity contribution in [2.24, 2.45) is 5.92 Å². The zero-order valence-corrected chi connectivity index (χ0v) is 14.3. The molecular formula is C19H25N3O2. The Morgan fingerprint density at radius 1 is 1.38 bits per heavy atom. The van der Waals surface area contributed by atoms with Crippen molar-refractivity contribution in [3.8, 4) is 0 Å². The number of aromatic amines is 1. The molecule has 128 valence electrons. The van der Waals surface area contributed by atoms with E-state index in [9.17, 15) is 4.79 Å². The molecular weight excluding hydrogens is 302 g/mol. The van der Waals surface area contributed by atoms with Gasteiger partial charge in [0.2, 0.25) is 5.91 Å². The van der Waals surface area contributed by atoms with Gasteiger partial charge in [-0.15, -0.1) is 0 Å². The number of nitrogens with zero attached hydrogens (tertiary/aromatic N) is 1. The van der Waals surface area contributed by atoms with Gasteiger partial charge in [0.05, 0.1) is 24.9 Å². The highest BCUT2D eigenvalue weighted by molar-refractivity contribution is 5.80. The first-order valence-corrected chi connectivity index (χ1v) is 8.48. The van der Waals surface area contributed by atoms with Crippen molar-refractivity contribution in [2.75, 3.05) is 6.61 Å². The number of rotatable bonds is 6. The molecule has 2 aromatic rings. The molecule has 1 heterocycles. The molecule has 1 aliphatic rings. The predicted octanol–water partition coefficient (Wildman–Crippen LogP) is 2.63.